The van der Waals surface area contributed by atoms with Crippen LogP contribution in [0.25, 0.3) is 0 Å². The molecule has 3 nitrogen and oxygen atoms in total. The second-order valence-electron chi connectivity index (χ2n) is 3.45. The van der Waals surface area contributed by atoms with Gasteiger partial charge in [0.05, 0.1) is 0 Å². The maximum Gasteiger partial charge on any atom is 0.225 e. The molecule has 1 aromatic rings. The molecule has 0 radical (unpaired) electrons. The molecule has 0 bridgehead atoms. The minimum Gasteiger partial charge on any atom is -0.327 e. The molecule has 0 spiro atoms. The summed E-state index contributed by atoms with van der Waals surface area (Å²) in [6.07, 6.45) is 5.55. The second kappa shape index (κ2) is 5.18. The molecule has 0 saturated heterocycles. The summed E-state index contributed by atoms with van der Waals surface area (Å²) in [5, 5.41) is 2.73. The average Bonchev–Trinajstić information content (AvgIpc) is 2.16. The summed E-state index contributed by atoms with van der Waals surface area (Å²) in [6.45, 7) is 1.79. The first-order valence-electron chi connectivity index (χ1n) is 4.74. The van der Waals surface area contributed by atoms with E-state index in [0.717, 1.165) is 5.56 Å². The van der Waals surface area contributed by atoms with E-state index >= 15 is 0 Å². The first-order valence-corrected chi connectivity index (χ1v) is 4.74. The lowest BCUT2D eigenvalue weighted by atomic mass is 10.2. The van der Waals surface area contributed by atoms with Gasteiger partial charge in [-0.3, -0.25) is 4.79 Å². The van der Waals surface area contributed by atoms with Gasteiger partial charge in [0.15, 0.2) is 0 Å². The zero-order valence-corrected chi connectivity index (χ0v) is 8.66. The lowest BCUT2D eigenvalue weighted by Gasteiger charge is -2.07. The van der Waals surface area contributed by atoms with Crippen molar-refractivity contribution in [3.05, 3.63) is 29.8 Å². The van der Waals surface area contributed by atoms with Crippen LogP contribution < -0.4 is 11.1 Å². The van der Waals surface area contributed by atoms with Gasteiger partial charge in [0.2, 0.25) is 5.91 Å². The molecule has 3 N–H and O–H groups in total. The van der Waals surface area contributed by atoms with Crippen LogP contribution >= 0.6 is 0 Å². The van der Waals surface area contributed by atoms with E-state index in [0.29, 0.717) is 12.1 Å². The molecule has 1 atom stereocenters. The summed E-state index contributed by atoms with van der Waals surface area (Å²) >= 11 is 0. The van der Waals surface area contributed by atoms with Crippen molar-refractivity contribution in [2.24, 2.45) is 5.73 Å². The van der Waals surface area contributed by atoms with Gasteiger partial charge in [0.1, 0.15) is 0 Å². The summed E-state index contributed by atoms with van der Waals surface area (Å²) in [4.78, 5) is 11.4. The van der Waals surface area contributed by atoms with Crippen molar-refractivity contribution in [3.63, 3.8) is 0 Å². The predicted octanol–water partition coefficient (Wildman–Crippen LogP) is 1.34. The number of hydrogen-bond donors (Lipinski definition) is 2. The van der Waals surface area contributed by atoms with Gasteiger partial charge in [0.25, 0.3) is 0 Å². The van der Waals surface area contributed by atoms with Crippen molar-refractivity contribution in [1.82, 2.24) is 0 Å². The number of carbonyl (C=O) groups is 1. The summed E-state index contributed by atoms with van der Waals surface area (Å²) in [5.41, 5.74) is 6.96. The second-order valence-corrected chi connectivity index (χ2v) is 3.45. The molecule has 0 saturated carbocycles. The van der Waals surface area contributed by atoms with E-state index in [1.165, 1.54) is 0 Å². The third-order valence-corrected chi connectivity index (χ3v) is 1.82. The minimum absolute atomic E-state index is 0.0980. The van der Waals surface area contributed by atoms with E-state index in [9.17, 15) is 4.79 Å². The lowest BCUT2D eigenvalue weighted by molar-refractivity contribution is -0.116. The fourth-order valence-electron chi connectivity index (χ4n) is 1.19. The summed E-state index contributed by atoms with van der Waals surface area (Å²) in [5.74, 6) is 2.41. The van der Waals surface area contributed by atoms with Crippen molar-refractivity contribution in [2.45, 2.75) is 19.4 Å². The van der Waals surface area contributed by atoms with Gasteiger partial charge in [-0.05, 0) is 25.1 Å². The smallest absolute Gasteiger partial charge is 0.225 e. The molecule has 78 valence electrons. The summed E-state index contributed by atoms with van der Waals surface area (Å²) in [7, 11) is 0. The van der Waals surface area contributed by atoms with Crippen molar-refractivity contribution < 1.29 is 4.79 Å². The van der Waals surface area contributed by atoms with E-state index in [4.69, 9.17) is 12.2 Å². The molecule has 1 rings (SSSR count). The summed E-state index contributed by atoms with van der Waals surface area (Å²) in [6, 6.07) is 7.01. The van der Waals surface area contributed by atoms with Crippen molar-refractivity contribution in [3.8, 4) is 12.3 Å². The molecule has 1 amide bonds. The van der Waals surface area contributed by atoms with E-state index in [1.54, 1.807) is 31.2 Å². The largest absolute Gasteiger partial charge is 0.327 e. The Balaban J connectivity index is 2.65. The Morgan fingerprint density at radius 1 is 1.67 bits per heavy atom. The molecule has 0 aliphatic carbocycles. The Morgan fingerprint density at radius 3 is 3.00 bits per heavy atom. The maximum absolute atomic E-state index is 11.4. The molecule has 0 fully saturated rings. The van der Waals surface area contributed by atoms with Crippen LogP contribution in [0.5, 0.6) is 0 Å². The molecule has 3 heteroatoms. The molecule has 0 aliphatic heterocycles. The lowest BCUT2D eigenvalue weighted by Crippen LogP contribution is -2.23. The topological polar surface area (TPSA) is 55.1 Å². The van der Waals surface area contributed by atoms with E-state index in [-0.39, 0.29) is 11.9 Å². The highest BCUT2D eigenvalue weighted by atomic mass is 16.1. The Morgan fingerprint density at radius 2 is 2.40 bits per heavy atom. The van der Waals surface area contributed by atoms with Gasteiger partial charge in [0, 0.05) is 23.7 Å². The van der Waals surface area contributed by atoms with Crippen LogP contribution in [0.2, 0.25) is 0 Å². The Hall–Kier alpha value is -1.79. The quantitative estimate of drug-likeness (QED) is 0.727. The molecule has 0 heterocycles. The number of rotatable bonds is 3. The van der Waals surface area contributed by atoms with Crippen LogP contribution in [0.3, 0.4) is 0 Å². The van der Waals surface area contributed by atoms with E-state index in [2.05, 4.69) is 11.2 Å². The van der Waals surface area contributed by atoms with E-state index in [1.807, 2.05) is 0 Å². The van der Waals surface area contributed by atoms with Crippen LogP contribution in [0.15, 0.2) is 24.3 Å². The number of anilines is 1. The van der Waals surface area contributed by atoms with Gasteiger partial charge >= 0.3 is 0 Å². The number of terminal acetylenes is 1. The number of amides is 1. The van der Waals surface area contributed by atoms with Crippen LogP contribution in [0.1, 0.15) is 18.9 Å². The Kier molecular flexibility index (Phi) is 3.90. The third-order valence-electron chi connectivity index (χ3n) is 1.82. The molecule has 0 aliphatic rings. The van der Waals surface area contributed by atoms with Crippen molar-refractivity contribution >= 4 is 11.6 Å². The maximum atomic E-state index is 11.4. The van der Waals surface area contributed by atoms with Crippen molar-refractivity contribution in [1.29, 1.82) is 0 Å². The highest BCUT2D eigenvalue weighted by molar-refractivity contribution is 5.91. The molecule has 1 unspecified atom stereocenters. The first-order chi connectivity index (χ1) is 7.11. The molecule has 1 aromatic carbocycles. The standard InChI is InChI=1S/C12H14N2O/c1-3-10-5-4-6-11(8-10)14-12(15)7-9(2)13/h1,4-6,8-9H,7,13H2,2H3,(H,14,15). The zero-order valence-electron chi connectivity index (χ0n) is 8.66. The third kappa shape index (κ3) is 3.84. The van der Waals surface area contributed by atoms with Gasteiger partial charge in [-0.25, -0.2) is 0 Å². The number of carbonyl (C=O) groups excluding carboxylic acids is 1. The normalized spacial score (nSPS) is 11.5. The van der Waals surface area contributed by atoms with Crippen LogP contribution in [-0.2, 0) is 4.79 Å². The fraction of sp³-hybridized carbons (Fsp3) is 0.250. The van der Waals surface area contributed by atoms with Crippen LogP contribution in [-0.4, -0.2) is 11.9 Å². The Bertz CT molecular complexity index is 391. The van der Waals surface area contributed by atoms with Gasteiger partial charge < -0.3 is 11.1 Å². The first kappa shape index (κ1) is 11.3. The van der Waals surface area contributed by atoms with Crippen LogP contribution in [0, 0.1) is 12.3 Å². The minimum atomic E-state index is -0.138. The highest BCUT2D eigenvalue weighted by Gasteiger charge is 2.05. The molecule has 0 aromatic heterocycles. The molecular weight excluding hydrogens is 188 g/mol. The van der Waals surface area contributed by atoms with Gasteiger partial charge in [-0.2, -0.15) is 0 Å². The number of hydrogen-bond acceptors (Lipinski definition) is 2. The van der Waals surface area contributed by atoms with Gasteiger partial charge in [-0.15, -0.1) is 6.42 Å². The van der Waals surface area contributed by atoms with Crippen LogP contribution in [0.4, 0.5) is 5.69 Å². The van der Waals surface area contributed by atoms with Crippen molar-refractivity contribution in [2.75, 3.05) is 5.32 Å². The highest BCUT2D eigenvalue weighted by Crippen LogP contribution is 2.10. The fourth-order valence-corrected chi connectivity index (χ4v) is 1.19. The van der Waals surface area contributed by atoms with E-state index < -0.39 is 0 Å². The summed E-state index contributed by atoms with van der Waals surface area (Å²) < 4.78 is 0. The zero-order chi connectivity index (χ0) is 11.3. The number of nitrogens with two attached hydrogens (primary N) is 1. The average molecular weight is 202 g/mol. The predicted molar refractivity (Wildman–Crippen MR) is 61.3 cm³/mol. The Labute approximate surface area is 89.7 Å². The SMILES string of the molecule is C#Cc1cccc(NC(=O)CC(C)N)c1. The molecular formula is C12H14N2O. The van der Waals surface area contributed by atoms with Gasteiger partial charge in [-0.1, -0.05) is 12.0 Å². The number of nitrogens with one attached hydrogen (secondary N) is 1. The molecule has 15 heavy (non-hydrogen) atoms. The monoisotopic (exact) mass is 202 g/mol. The number of benzene rings is 1.